The Kier molecular flexibility index (Phi) is 1.85. The Morgan fingerprint density at radius 2 is 2.33 bits per heavy atom. The summed E-state index contributed by atoms with van der Waals surface area (Å²) in [6, 6.07) is 3.92. The summed E-state index contributed by atoms with van der Waals surface area (Å²) in [4.78, 5) is 0. The fourth-order valence-electron chi connectivity index (χ4n) is 1.18. The van der Waals surface area contributed by atoms with Gasteiger partial charge in [0, 0.05) is 0 Å². The lowest BCUT2D eigenvalue weighted by molar-refractivity contribution is 0.952. The number of fused-ring (bicyclic) bond motifs is 1. The monoisotopic (exact) mass is 244 g/mol. The van der Waals surface area contributed by atoms with Crippen molar-refractivity contribution in [2.24, 2.45) is 0 Å². The normalized spacial score (nSPS) is 10.9. The molecule has 0 aliphatic heterocycles. The first-order valence-corrected chi connectivity index (χ1v) is 4.65. The predicted octanol–water partition coefficient (Wildman–Crippen LogP) is 3.06. The lowest BCUT2D eigenvalue weighted by Crippen LogP contribution is -1.91. The van der Waals surface area contributed by atoms with E-state index in [0.717, 1.165) is 15.6 Å². The lowest BCUT2D eigenvalue weighted by atomic mass is 10.2. The van der Waals surface area contributed by atoms with Gasteiger partial charge in [0.2, 0.25) is 0 Å². The first-order valence-electron chi connectivity index (χ1n) is 3.48. The number of aryl methyl sites for hydroxylation is 1. The summed E-state index contributed by atoms with van der Waals surface area (Å²) in [6.45, 7) is 2.03. The Bertz CT molecular complexity index is 436. The van der Waals surface area contributed by atoms with E-state index in [4.69, 9.17) is 11.6 Å². The first kappa shape index (κ1) is 8.08. The number of hydrogen-bond donors (Lipinski definition) is 0. The Labute approximate surface area is 83.3 Å². The van der Waals surface area contributed by atoms with Crippen molar-refractivity contribution in [1.82, 2.24) is 9.61 Å². The molecule has 4 heteroatoms. The molecule has 0 radical (unpaired) electrons. The minimum absolute atomic E-state index is 0.612. The minimum Gasteiger partial charge on any atom is -0.221 e. The molecule has 2 aromatic heterocycles. The molecule has 62 valence electrons. The van der Waals surface area contributed by atoms with Crippen LogP contribution in [0.5, 0.6) is 0 Å². The minimum atomic E-state index is 0.612. The molecule has 0 bridgehead atoms. The van der Waals surface area contributed by atoms with E-state index in [-0.39, 0.29) is 0 Å². The highest BCUT2D eigenvalue weighted by Crippen LogP contribution is 2.25. The van der Waals surface area contributed by atoms with Gasteiger partial charge in [-0.15, -0.1) is 0 Å². The van der Waals surface area contributed by atoms with Gasteiger partial charge in [-0.25, -0.2) is 4.52 Å². The van der Waals surface area contributed by atoms with Crippen LogP contribution >= 0.6 is 27.5 Å². The van der Waals surface area contributed by atoms with E-state index in [1.54, 1.807) is 10.7 Å². The van der Waals surface area contributed by atoms with E-state index in [1.165, 1.54) is 0 Å². The zero-order chi connectivity index (χ0) is 8.72. The summed E-state index contributed by atoms with van der Waals surface area (Å²) >= 11 is 9.35. The topological polar surface area (TPSA) is 17.3 Å². The number of pyridine rings is 1. The summed E-state index contributed by atoms with van der Waals surface area (Å²) in [7, 11) is 0. The highest BCUT2D eigenvalue weighted by molar-refractivity contribution is 9.10. The average molecular weight is 246 g/mol. The Morgan fingerprint density at radius 3 is 3.08 bits per heavy atom. The molecule has 2 heterocycles. The lowest BCUT2D eigenvalue weighted by Gasteiger charge is -2.02. The number of rotatable bonds is 0. The van der Waals surface area contributed by atoms with Gasteiger partial charge in [-0.1, -0.05) is 11.6 Å². The zero-order valence-corrected chi connectivity index (χ0v) is 8.72. The van der Waals surface area contributed by atoms with Crippen molar-refractivity contribution in [3.05, 3.63) is 33.5 Å². The van der Waals surface area contributed by atoms with Crippen molar-refractivity contribution < 1.29 is 0 Å². The molecule has 0 fully saturated rings. The maximum Gasteiger partial charge on any atom is 0.145 e. The van der Waals surface area contributed by atoms with Crippen LogP contribution in [0.1, 0.15) is 5.56 Å². The van der Waals surface area contributed by atoms with E-state index in [1.807, 2.05) is 19.1 Å². The molecule has 2 rings (SSSR count). The van der Waals surface area contributed by atoms with Gasteiger partial charge in [-0.2, -0.15) is 5.10 Å². The molecule has 0 atom stereocenters. The molecule has 0 saturated heterocycles. The van der Waals surface area contributed by atoms with Crippen molar-refractivity contribution in [2.45, 2.75) is 6.92 Å². The largest absolute Gasteiger partial charge is 0.221 e. The van der Waals surface area contributed by atoms with E-state index in [9.17, 15) is 0 Å². The van der Waals surface area contributed by atoms with Gasteiger partial charge in [0.15, 0.2) is 0 Å². The SMILES string of the molecule is Cc1cc(Br)c(Cl)n2nccc12. The third-order valence-corrected chi connectivity index (χ3v) is 2.97. The second-order valence-corrected chi connectivity index (χ2v) is 3.81. The van der Waals surface area contributed by atoms with Gasteiger partial charge in [0.05, 0.1) is 16.2 Å². The molecular formula is C8H6BrClN2. The van der Waals surface area contributed by atoms with E-state index in [0.29, 0.717) is 5.15 Å². The molecule has 0 spiro atoms. The number of hydrogen-bond acceptors (Lipinski definition) is 1. The number of aromatic nitrogens is 2. The van der Waals surface area contributed by atoms with Crippen molar-refractivity contribution in [1.29, 1.82) is 0 Å². The standard InChI is InChI=1S/C8H6BrClN2/c1-5-4-6(9)8(10)12-7(5)2-3-11-12/h2-4H,1H3. The maximum absolute atomic E-state index is 5.99. The molecule has 12 heavy (non-hydrogen) atoms. The van der Waals surface area contributed by atoms with Crippen LogP contribution in [0.25, 0.3) is 5.52 Å². The van der Waals surface area contributed by atoms with Crippen LogP contribution in [0.3, 0.4) is 0 Å². The summed E-state index contributed by atoms with van der Waals surface area (Å²) in [5, 5.41) is 4.71. The van der Waals surface area contributed by atoms with Crippen LogP contribution in [0.2, 0.25) is 5.15 Å². The molecular weight excluding hydrogens is 239 g/mol. The van der Waals surface area contributed by atoms with Crippen molar-refractivity contribution >= 4 is 33.0 Å². The molecule has 0 amide bonds. The van der Waals surface area contributed by atoms with Gasteiger partial charge >= 0.3 is 0 Å². The zero-order valence-electron chi connectivity index (χ0n) is 6.38. The van der Waals surface area contributed by atoms with Gasteiger partial charge in [0.25, 0.3) is 0 Å². The number of halogens is 2. The molecule has 0 saturated carbocycles. The Morgan fingerprint density at radius 1 is 1.58 bits per heavy atom. The summed E-state index contributed by atoms with van der Waals surface area (Å²) in [6.07, 6.45) is 1.74. The first-order chi connectivity index (χ1) is 5.70. The smallest absolute Gasteiger partial charge is 0.145 e. The molecule has 0 N–H and O–H groups in total. The van der Waals surface area contributed by atoms with Gasteiger partial charge in [-0.3, -0.25) is 0 Å². The molecule has 0 aliphatic rings. The maximum atomic E-state index is 5.99. The van der Waals surface area contributed by atoms with Crippen molar-refractivity contribution in [3.8, 4) is 0 Å². The van der Waals surface area contributed by atoms with Crippen LogP contribution in [0.4, 0.5) is 0 Å². The van der Waals surface area contributed by atoms with Crippen LogP contribution in [-0.2, 0) is 0 Å². The predicted molar refractivity (Wildman–Crippen MR) is 52.6 cm³/mol. The summed E-state index contributed by atoms with van der Waals surface area (Å²) in [5.41, 5.74) is 2.20. The number of nitrogens with zero attached hydrogens (tertiary/aromatic N) is 2. The quantitative estimate of drug-likeness (QED) is 0.652. The van der Waals surface area contributed by atoms with Crippen LogP contribution in [0, 0.1) is 6.92 Å². The van der Waals surface area contributed by atoms with Crippen LogP contribution in [-0.4, -0.2) is 9.61 Å². The summed E-state index contributed by atoms with van der Waals surface area (Å²) in [5.74, 6) is 0. The highest BCUT2D eigenvalue weighted by atomic mass is 79.9. The van der Waals surface area contributed by atoms with Gasteiger partial charge in [0.1, 0.15) is 5.15 Å². The Balaban J connectivity index is 2.97. The van der Waals surface area contributed by atoms with Crippen molar-refractivity contribution in [2.75, 3.05) is 0 Å². The molecule has 0 aromatic carbocycles. The second kappa shape index (κ2) is 2.75. The average Bonchev–Trinajstić information content (AvgIpc) is 2.48. The fraction of sp³-hybridized carbons (Fsp3) is 0.125. The van der Waals surface area contributed by atoms with E-state index in [2.05, 4.69) is 21.0 Å². The fourth-order valence-corrected chi connectivity index (χ4v) is 1.88. The third-order valence-electron chi connectivity index (χ3n) is 1.77. The van der Waals surface area contributed by atoms with Crippen molar-refractivity contribution in [3.63, 3.8) is 0 Å². The van der Waals surface area contributed by atoms with Crippen LogP contribution < -0.4 is 0 Å². The summed E-state index contributed by atoms with van der Waals surface area (Å²) < 4.78 is 2.58. The van der Waals surface area contributed by atoms with E-state index < -0.39 is 0 Å². The Hall–Kier alpha value is -0.540. The van der Waals surface area contributed by atoms with Crippen LogP contribution in [0.15, 0.2) is 22.8 Å². The molecule has 0 aliphatic carbocycles. The molecule has 0 unspecified atom stereocenters. The third kappa shape index (κ3) is 1.04. The van der Waals surface area contributed by atoms with Gasteiger partial charge in [-0.05, 0) is 40.5 Å². The van der Waals surface area contributed by atoms with E-state index >= 15 is 0 Å². The van der Waals surface area contributed by atoms with Gasteiger partial charge < -0.3 is 0 Å². The highest BCUT2D eigenvalue weighted by Gasteiger charge is 2.05. The molecule has 2 nitrogen and oxygen atoms in total. The second-order valence-electron chi connectivity index (χ2n) is 2.59. The molecule has 2 aromatic rings.